The molecule has 1 aromatic heterocycles. The third-order valence-corrected chi connectivity index (χ3v) is 5.83. The van der Waals surface area contributed by atoms with Gasteiger partial charge in [0.15, 0.2) is 11.5 Å². The van der Waals surface area contributed by atoms with Crippen LogP contribution in [0.15, 0.2) is 60.9 Å². The summed E-state index contributed by atoms with van der Waals surface area (Å²) in [5, 5.41) is 3.16. The van der Waals surface area contributed by atoms with Gasteiger partial charge >= 0.3 is 0 Å². The average Bonchev–Trinajstić information content (AvgIpc) is 3.27. The lowest BCUT2D eigenvalue weighted by Crippen LogP contribution is -2.33. The summed E-state index contributed by atoms with van der Waals surface area (Å²) in [4.78, 5) is 22.5. The highest BCUT2D eigenvalue weighted by molar-refractivity contribution is 6.39. The lowest BCUT2D eigenvalue weighted by Gasteiger charge is -2.21. The number of aromatic nitrogens is 1. The van der Waals surface area contributed by atoms with E-state index in [4.69, 9.17) is 42.3 Å². The van der Waals surface area contributed by atoms with Crippen molar-refractivity contribution in [1.82, 2.24) is 10.5 Å². The molecule has 0 saturated heterocycles. The van der Waals surface area contributed by atoms with Crippen molar-refractivity contribution in [2.75, 3.05) is 26.1 Å². The highest BCUT2D eigenvalue weighted by atomic mass is 35.5. The quantitative estimate of drug-likeness (QED) is 0.416. The van der Waals surface area contributed by atoms with E-state index >= 15 is 0 Å². The molecule has 0 fully saturated rings. The molecular weight excluding hydrogens is 493 g/mol. The number of amides is 1. The molecule has 0 bridgehead atoms. The highest BCUT2D eigenvalue weighted by Gasteiger charge is 2.32. The van der Waals surface area contributed by atoms with Gasteiger partial charge in [0, 0.05) is 23.5 Å². The van der Waals surface area contributed by atoms with Crippen LogP contribution in [0, 0.1) is 0 Å². The summed E-state index contributed by atoms with van der Waals surface area (Å²) in [7, 11) is 3.14. The monoisotopic (exact) mass is 515 g/mol. The molecular formula is C25H23Cl2N3O5. The molecule has 10 heteroatoms. The average molecular weight is 516 g/mol. The number of anilines is 1. The van der Waals surface area contributed by atoms with Gasteiger partial charge in [0.2, 0.25) is 0 Å². The standard InChI is InChI=1S/C25H23Cl2N3O5/c1-25(11-20(30-35-25)15-5-4-6-17(9-15)32-2)14-34-22-10-16(7-8-21(22)33-3)24(31)29-23-18(26)12-28-13-19(23)27/h4-13,30H,14H2,1-3H3,(H,28,29,31). The van der Waals surface area contributed by atoms with Gasteiger partial charge in [0.25, 0.3) is 5.91 Å². The van der Waals surface area contributed by atoms with Gasteiger partial charge in [-0.15, -0.1) is 0 Å². The van der Waals surface area contributed by atoms with Crippen LogP contribution in [0.2, 0.25) is 10.0 Å². The summed E-state index contributed by atoms with van der Waals surface area (Å²) in [5.74, 6) is 1.16. The minimum atomic E-state index is -0.778. The fourth-order valence-electron chi connectivity index (χ4n) is 3.41. The Hall–Kier alpha value is -3.46. The molecule has 0 aliphatic carbocycles. The molecule has 8 nitrogen and oxygen atoms in total. The summed E-state index contributed by atoms with van der Waals surface area (Å²) in [6.07, 6.45) is 4.72. The minimum absolute atomic E-state index is 0.150. The van der Waals surface area contributed by atoms with Crippen LogP contribution in [-0.2, 0) is 4.84 Å². The Kier molecular flexibility index (Phi) is 7.35. The van der Waals surface area contributed by atoms with E-state index in [-0.39, 0.29) is 22.3 Å². The van der Waals surface area contributed by atoms with E-state index in [1.807, 2.05) is 37.3 Å². The molecule has 182 valence electrons. The van der Waals surface area contributed by atoms with Crippen molar-refractivity contribution in [3.8, 4) is 17.2 Å². The Labute approximate surface area is 212 Å². The van der Waals surface area contributed by atoms with Gasteiger partial charge in [0.05, 0.1) is 35.6 Å². The number of halogens is 2. The smallest absolute Gasteiger partial charge is 0.255 e. The van der Waals surface area contributed by atoms with Crippen LogP contribution in [0.1, 0.15) is 22.8 Å². The number of hydrogen-bond acceptors (Lipinski definition) is 7. The van der Waals surface area contributed by atoms with Gasteiger partial charge in [0.1, 0.15) is 18.0 Å². The van der Waals surface area contributed by atoms with Crippen LogP contribution < -0.4 is 25.0 Å². The van der Waals surface area contributed by atoms with Gasteiger partial charge in [-0.25, -0.2) is 0 Å². The maximum atomic E-state index is 12.8. The van der Waals surface area contributed by atoms with E-state index in [1.54, 1.807) is 25.3 Å². The van der Waals surface area contributed by atoms with Gasteiger partial charge in [-0.1, -0.05) is 35.3 Å². The van der Waals surface area contributed by atoms with E-state index in [2.05, 4.69) is 15.8 Å². The molecule has 1 atom stereocenters. The Morgan fingerprint density at radius 3 is 2.57 bits per heavy atom. The molecule has 3 aromatic rings. The van der Waals surface area contributed by atoms with Crippen molar-refractivity contribution < 1.29 is 23.8 Å². The Balaban J connectivity index is 1.50. The van der Waals surface area contributed by atoms with Crippen LogP contribution in [0.4, 0.5) is 5.69 Å². The van der Waals surface area contributed by atoms with Crippen molar-refractivity contribution in [1.29, 1.82) is 0 Å². The molecule has 1 aliphatic rings. The first-order chi connectivity index (χ1) is 16.8. The molecule has 35 heavy (non-hydrogen) atoms. The molecule has 1 aliphatic heterocycles. The van der Waals surface area contributed by atoms with Gasteiger partial charge in [-0.3, -0.25) is 20.1 Å². The van der Waals surface area contributed by atoms with E-state index in [1.165, 1.54) is 19.5 Å². The zero-order valence-electron chi connectivity index (χ0n) is 19.2. The van der Waals surface area contributed by atoms with Crippen molar-refractivity contribution in [3.05, 3.63) is 82.1 Å². The predicted molar refractivity (Wildman–Crippen MR) is 134 cm³/mol. The first-order valence-electron chi connectivity index (χ1n) is 10.5. The fourth-order valence-corrected chi connectivity index (χ4v) is 3.87. The number of pyridine rings is 1. The first kappa shape index (κ1) is 24.7. The van der Waals surface area contributed by atoms with E-state index in [0.717, 1.165) is 17.0 Å². The largest absolute Gasteiger partial charge is 0.497 e. The van der Waals surface area contributed by atoms with E-state index < -0.39 is 11.5 Å². The number of hydrogen-bond donors (Lipinski definition) is 2. The molecule has 0 radical (unpaired) electrons. The van der Waals surface area contributed by atoms with Crippen molar-refractivity contribution in [2.45, 2.75) is 12.5 Å². The molecule has 0 spiro atoms. The zero-order valence-corrected chi connectivity index (χ0v) is 20.7. The number of benzene rings is 2. The second-order valence-electron chi connectivity index (χ2n) is 7.89. The lowest BCUT2D eigenvalue weighted by molar-refractivity contribution is -0.0476. The minimum Gasteiger partial charge on any atom is -0.497 e. The number of nitrogens with one attached hydrogen (secondary N) is 2. The van der Waals surface area contributed by atoms with Gasteiger partial charge < -0.3 is 19.5 Å². The third kappa shape index (κ3) is 5.62. The lowest BCUT2D eigenvalue weighted by atomic mass is 10.0. The van der Waals surface area contributed by atoms with Crippen LogP contribution in [0.3, 0.4) is 0 Å². The molecule has 2 N–H and O–H groups in total. The number of carbonyl (C=O) groups excluding carboxylic acids is 1. The third-order valence-electron chi connectivity index (χ3n) is 5.26. The van der Waals surface area contributed by atoms with Crippen LogP contribution in [-0.4, -0.2) is 37.3 Å². The highest BCUT2D eigenvalue weighted by Crippen LogP contribution is 2.33. The SMILES string of the molecule is COc1cccc(C2=CC(C)(COc3cc(C(=O)Nc4c(Cl)cncc4Cl)ccc3OC)ON2)c1. The second-order valence-corrected chi connectivity index (χ2v) is 8.71. The maximum absolute atomic E-state index is 12.8. The Morgan fingerprint density at radius 2 is 1.86 bits per heavy atom. The summed E-state index contributed by atoms with van der Waals surface area (Å²) in [6, 6.07) is 12.5. The molecule has 1 amide bonds. The molecule has 2 aromatic carbocycles. The number of methoxy groups -OCH3 is 2. The van der Waals surface area contributed by atoms with E-state index in [9.17, 15) is 4.79 Å². The number of nitrogens with zero attached hydrogens (tertiary/aromatic N) is 1. The first-order valence-corrected chi connectivity index (χ1v) is 11.3. The van der Waals surface area contributed by atoms with E-state index in [0.29, 0.717) is 17.1 Å². The Morgan fingerprint density at radius 1 is 1.09 bits per heavy atom. The predicted octanol–water partition coefficient (Wildman–Crippen LogP) is 5.37. The number of hydroxylamine groups is 1. The number of ether oxygens (including phenoxy) is 3. The van der Waals surface area contributed by atoms with Crippen LogP contribution >= 0.6 is 23.2 Å². The van der Waals surface area contributed by atoms with Crippen molar-refractivity contribution >= 4 is 40.5 Å². The van der Waals surface area contributed by atoms with Crippen LogP contribution in [0.25, 0.3) is 5.70 Å². The summed E-state index contributed by atoms with van der Waals surface area (Å²) in [6.45, 7) is 2.03. The summed E-state index contributed by atoms with van der Waals surface area (Å²) < 4.78 is 16.7. The Bertz CT molecular complexity index is 1260. The van der Waals surface area contributed by atoms with Crippen molar-refractivity contribution in [2.24, 2.45) is 0 Å². The molecule has 2 heterocycles. The topological polar surface area (TPSA) is 90.9 Å². The maximum Gasteiger partial charge on any atom is 0.255 e. The summed E-state index contributed by atoms with van der Waals surface area (Å²) >= 11 is 12.2. The molecule has 0 saturated carbocycles. The molecule has 4 rings (SSSR count). The van der Waals surface area contributed by atoms with Crippen LogP contribution in [0.5, 0.6) is 17.2 Å². The van der Waals surface area contributed by atoms with Gasteiger partial charge in [-0.2, -0.15) is 0 Å². The van der Waals surface area contributed by atoms with Crippen molar-refractivity contribution in [3.63, 3.8) is 0 Å². The zero-order chi connectivity index (χ0) is 25.0. The van der Waals surface area contributed by atoms with Gasteiger partial charge in [-0.05, 0) is 43.3 Å². The number of rotatable bonds is 8. The normalized spacial score (nSPS) is 16.8. The summed E-state index contributed by atoms with van der Waals surface area (Å²) in [5.41, 5.74) is 4.48. The molecule has 1 unspecified atom stereocenters. The number of carbonyl (C=O) groups is 1. The second kappa shape index (κ2) is 10.4. The fraction of sp³-hybridized carbons (Fsp3) is 0.200.